The van der Waals surface area contributed by atoms with Crippen molar-refractivity contribution in [2.24, 2.45) is 0 Å². The maximum Gasteiger partial charge on any atom is 0.306 e. The predicted molar refractivity (Wildman–Crippen MR) is 371 cm³/mol. The van der Waals surface area contributed by atoms with Gasteiger partial charge < -0.3 is 14.6 Å². The minimum atomic E-state index is -0.791. The highest BCUT2D eigenvalue weighted by Gasteiger charge is 2.16. The predicted octanol–water partition coefficient (Wildman–Crippen LogP) is 25.3. The molecule has 0 radical (unpaired) electrons. The Labute approximate surface area is 522 Å². The van der Waals surface area contributed by atoms with Crippen LogP contribution in [0.25, 0.3) is 0 Å². The second-order valence-corrected chi connectivity index (χ2v) is 23.9. The summed E-state index contributed by atoms with van der Waals surface area (Å²) in [5, 5.41) is 9.70. The molecule has 0 bridgehead atoms. The summed E-state index contributed by atoms with van der Waals surface area (Å²) in [6.45, 7) is 4.04. The Morgan fingerprint density at radius 2 is 0.512 bits per heavy atom. The quantitative estimate of drug-likeness (QED) is 0.0373. The first-order chi connectivity index (χ1) is 41.6. The van der Waals surface area contributed by atoms with Crippen molar-refractivity contribution in [3.63, 3.8) is 0 Å². The summed E-state index contributed by atoms with van der Waals surface area (Å²) in [6, 6.07) is 0. The molecule has 0 aliphatic heterocycles. The largest absolute Gasteiger partial charge is 0.462 e. The van der Waals surface area contributed by atoms with Crippen LogP contribution in [0.15, 0.2) is 122 Å². The Balaban J connectivity index is 3.50. The lowest BCUT2D eigenvalue weighted by atomic mass is 10.0. The van der Waals surface area contributed by atoms with E-state index < -0.39 is 6.10 Å². The van der Waals surface area contributed by atoms with Gasteiger partial charge in [0.2, 0.25) is 0 Å². The van der Waals surface area contributed by atoms with Gasteiger partial charge in [0.1, 0.15) is 6.61 Å². The molecule has 1 N–H and O–H groups in total. The fraction of sp³-hybridized carbons (Fsp3) is 0.722. The first-order valence-corrected chi connectivity index (χ1v) is 36.1. The summed E-state index contributed by atoms with van der Waals surface area (Å²) in [6.07, 6.45) is 108. The lowest BCUT2D eigenvalue weighted by Crippen LogP contribution is -2.28. The van der Waals surface area contributed by atoms with Gasteiger partial charge in [0.15, 0.2) is 6.10 Å². The lowest BCUT2D eigenvalue weighted by molar-refractivity contribution is -0.161. The van der Waals surface area contributed by atoms with Crippen molar-refractivity contribution >= 4 is 11.9 Å². The number of ether oxygens (including phenoxy) is 2. The average molecular weight is 1170 g/mol. The Morgan fingerprint density at radius 1 is 0.286 bits per heavy atom. The van der Waals surface area contributed by atoms with Gasteiger partial charge in [0.25, 0.3) is 0 Å². The van der Waals surface area contributed by atoms with E-state index in [0.717, 1.165) is 116 Å². The molecule has 0 heterocycles. The molecule has 0 amide bonds. The van der Waals surface area contributed by atoms with Gasteiger partial charge in [-0.3, -0.25) is 9.59 Å². The molecule has 0 aromatic carbocycles. The molecule has 1 atom stereocenters. The van der Waals surface area contributed by atoms with Crippen molar-refractivity contribution in [1.82, 2.24) is 0 Å². The molecule has 84 heavy (non-hydrogen) atoms. The zero-order valence-electron chi connectivity index (χ0n) is 55.4. The molecule has 0 fully saturated rings. The number of carbonyl (C=O) groups is 2. The van der Waals surface area contributed by atoms with Crippen LogP contribution in [0.3, 0.4) is 0 Å². The van der Waals surface area contributed by atoms with Gasteiger partial charge in [-0.1, -0.05) is 347 Å². The summed E-state index contributed by atoms with van der Waals surface area (Å²) in [7, 11) is 0. The van der Waals surface area contributed by atoms with Crippen LogP contribution in [0.1, 0.15) is 348 Å². The second kappa shape index (κ2) is 73.6. The van der Waals surface area contributed by atoms with E-state index in [9.17, 15) is 14.7 Å². The molecule has 0 spiro atoms. The molecule has 0 saturated heterocycles. The van der Waals surface area contributed by atoms with Gasteiger partial charge in [-0.15, -0.1) is 0 Å². The molecule has 5 nitrogen and oxygen atoms in total. The van der Waals surface area contributed by atoms with Crippen LogP contribution < -0.4 is 0 Å². The number of allylic oxidation sites excluding steroid dienone is 20. The number of hydrogen-bond acceptors (Lipinski definition) is 5. The van der Waals surface area contributed by atoms with Gasteiger partial charge >= 0.3 is 11.9 Å². The Morgan fingerprint density at radius 3 is 0.786 bits per heavy atom. The molecule has 5 heteroatoms. The highest BCUT2D eigenvalue weighted by atomic mass is 16.6. The third-order valence-corrected chi connectivity index (χ3v) is 15.7. The van der Waals surface area contributed by atoms with Gasteiger partial charge in [-0.2, -0.15) is 0 Å². The Hall–Kier alpha value is -3.70. The highest BCUT2D eigenvalue weighted by Crippen LogP contribution is 2.18. The third kappa shape index (κ3) is 70.8. The summed E-state index contributed by atoms with van der Waals surface area (Å²) in [4.78, 5) is 24.7. The topological polar surface area (TPSA) is 72.8 Å². The van der Waals surface area contributed by atoms with Crippen LogP contribution in [0, 0.1) is 0 Å². The van der Waals surface area contributed by atoms with Crippen LogP contribution in [-0.4, -0.2) is 36.4 Å². The fourth-order valence-corrected chi connectivity index (χ4v) is 10.4. The molecular formula is C79H136O5. The highest BCUT2D eigenvalue weighted by molar-refractivity contribution is 5.70. The molecule has 0 aromatic rings. The molecule has 482 valence electrons. The van der Waals surface area contributed by atoms with E-state index in [1.807, 2.05) is 0 Å². The Kier molecular flexibility index (Phi) is 70.3. The minimum absolute atomic E-state index is 0.0775. The number of hydrogen-bond donors (Lipinski definition) is 1. The van der Waals surface area contributed by atoms with Gasteiger partial charge in [0, 0.05) is 12.8 Å². The lowest BCUT2D eigenvalue weighted by Gasteiger charge is -2.15. The van der Waals surface area contributed by atoms with Crippen molar-refractivity contribution < 1.29 is 24.2 Å². The monoisotopic (exact) mass is 1170 g/mol. The molecule has 1 unspecified atom stereocenters. The molecule has 0 aliphatic rings. The number of esters is 2. The van der Waals surface area contributed by atoms with E-state index in [2.05, 4.69) is 135 Å². The van der Waals surface area contributed by atoms with Gasteiger partial charge in [-0.25, -0.2) is 0 Å². The number of carbonyl (C=O) groups excluding carboxylic acids is 2. The minimum Gasteiger partial charge on any atom is -0.462 e. The van der Waals surface area contributed by atoms with E-state index in [1.54, 1.807) is 0 Å². The van der Waals surface area contributed by atoms with Crippen LogP contribution in [0.2, 0.25) is 0 Å². The summed E-state index contributed by atoms with van der Waals surface area (Å²) in [5.74, 6) is -0.607. The van der Waals surface area contributed by atoms with Crippen LogP contribution in [0.5, 0.6) is 0 Å². The first kappa shape index (κ1) is 80.3. The van der Waals surface area contributed by atoms with Crippen LogP contribution in [0.4, 0.5) is 0 Å². The van der Waals surface area contributed by atoms with Crippen molar-refractivity contribution in [3.8, 4) is 0 Å². The molecule has 0 saturated carbocycles. The number of aliphatic hydroxyl groups excluding tert-OH is 1. The maximum absolute atomic E-state index is 12.4. The van der Waals surface area contributed by atoms with E-state index in [-0.39, 0.29) is 25.2 Å². The molecule has 0 aromatic heterocycles. The number of rotatable bonds is 66. The summed E-state index contributed by atoms with van der Waals surface area (Å²) in [5.41, 5.74) is 0. The molecule has 0 rings (SSSR count). The average Bonchev–Trinajstić information content (AvgIpc) is 3.51. The van der Waals surface area contributed by atoms with Crippen LogP contribution in [-0.2, 0) is 19.1 Å². The van der Waals surface area contributed by atoms with Crippen molar-refractivity contribution in [3.05, 3.63) is 122 Å². The van der Waals surface area contributed by atoms with Gasteiger partial charge in [0.05, 0.1) is 6.61 Å². The zero-order valence-corrected chi connectivity index (χ0v) is 55.4. The molecule has 0 aliphatic carbocycles. The summed E-state index contributed by atoms with van der Waals surface area (Å²) < 4.78 is 10.7. The van der Waals surface area contributed by atoms with Crippen molar-refractivity contribution in [1.29, 1.82) is 0 Å². The maximum atomic E-state index is 12.4. The van der Waals surface area contributed by atoms with Crippen LogP contribution >= 0.6 is 0 Å². The number of aliphatic hydroxyl groups is 1. The smallest absolute Gasteiger partial charge is 0.306 e. The second-order valence-electron chi connectivity index (χ2n) is 23.9. The standard InChI is InChI=1S/C79H136O5/c1-3-5-7-9-11-13-15-17-19-21-23-25-27-29-31-33-35-37-38-39-40-42-43-45-47-49-51-53-55-57-59-61-63-65-67-69-71-73-78(81)83-76-77(75-80)84-79(82)74-72-70-68-66-64-62-60-58-56-54-52-50-48-46-44-41-36-34-32-30-28-26-24-22-20-18-16-14-12-10-8-6-4-2/h6,8,12,14,18,20-21,23-24,26,30,32,36,41,46,48,52,54,58,60,77,80H,3-5,7,9-11,13,15-17,19,22,25,27-29,31,33-35,37-40,42-45,47,49-51,53,55-57,59,61-76H2,1-2H3/b8-6-,14-12-,20-18-,23-21-,26-24-,32-30-,41-36-,48-46-,54-52-,60-58-. The first-order valence-electron chi connectivity index (χ1n) is 36.1. The third-order valence-electron chi connectivity index (χ3n) is 15.7. The van der Waals surface area contributed by atoms with Crippen molar-refractivity contribution in [2.75, 3.05) is 13.2 Å². The van der Waals surface area contributed by atoms with Crippen molar-refractivity contribution in [2.45, 2.75) is 354 Å². The Bertz CT molecular complexity index is 1650. The SMILES string of the molecule is CC/C=C\C/C=C\C/C=C\C/C=C\C/C=C\C/C=C\C/C=C\C/C=C\C/C=C\CCCCCCCC(=O)OC(CO)COC(=O)CCCCCCCCCCCCCCCCCCCCCCCCCCC/C=C\CCCCCCCCCC. The summed E-state index contributed by atoms with van der Waals surface area (Å²) >= 11 is 0. The van der Waals surface area contributed by atoms with E-state index in [0.29, 0.717) is 12.8 Å². The normalized spacial score (nSPS) is 12.9. The van der Waals surface area contributed by atoms with E-state index in [1.165, 1.54) is 205 Å². The fourth-order valence-electron chi connectivity index (χ4n) is 10.4. The zero-order chi connectivity index (χ0) is 60.5. The van der Waals surface area contributed by atoms with E-state index >= 15 is 0 Å². The number of unbranched alkanes of at least 4 members (excludes halogenated alkanes) is 38. The van der Waals surface area contributed by atoms with Gasteiger partial charge in [-0.05, 0) is 109 Å². The van der Waals surface area contributed by atoms with E-state index in [4.69, 9.17) is 9.47 Å². The molecular weight excluding hydrogens is 1030 g/mol.